The number of benzene rings is 4. The van der Waals surface area contributed by atoms with Gasteiger partial charge < -0.3 is 9.30 Å². The molecule has 0 fully saturated rings. The van der Waals surface area contributed by atoms with Gasteiger partial charge in [-0.1, -0.05) is 82.6 Å². The molecule has 0 saturated carbocycles. The second kappa shape index (κ2) is 14.4. The van der Waals surface area contributed by atoms with Gasteiger partial charge in [0.05, 0.1) is 5.69 Å². The molecule has 0 N–H and O–H groups in total. The number of hydrogen-bond acceptors (Lipinski definition) is 3. The van der Waals surface area contributed by atoms with E-state index in [0.29, 0.717) is 29.3 Å². The van der Waals surface area contributed by atoms with Gasteiger partial charge in [-0.15, -0.1) is 35.7 Å². The molecule has 0 radical (unpaired) electrons. The Labute approximate surface area is 310 Å². The Hall–Kier alpha value is -4.47. The predicted molar refractivity (Wildman–Crippen MR) is 201 cm³/mol. The number of rotatable bonds is 9. The summed E-state index contributed by atoms with van der Waals surface area (Å²) in [6.07, 6.45) is 2.78. The van der Waals surface area contributed by atoms with Crippen molar-refractivity contribution in [2.75, 3.05) is 0 Å². The van der Waals surface area contributed by atoms with Crippen LogP contribution in [-0.4, -0.2) is 19.3 Å². The standard InChI is InChI=1S/C44H44N4O.Pt/c1-27(2)20-33-22-36(48-32(8)44(31(7)46-48)34-12-10-9-11-13-34)25-38(23-33)49-37-15-16-39-40-24-35(30(6)28(3)4)14-17-41(40)47(42(39)26-37)43-21-29(5)18-19-45-43;/h9-19,21-24,27-28,30H,20H2,1-8H3;/q-2;+2. The molecule has 1 atom stereocenters. The van der Waals surface area contributed by atoms with Gasteiger partial charge >= 0.3 is 21.1 Å². The van der Waals surface area contributed by atoms with Crippen molar-refractivity contribution in [2.45, 2.75) is 67.7 Å². The average molecular weight is 840 g/mol. The summed E-state index contributed by atoms with van der Waals surface area (Å²) >= 11 is 0. The van der Waals surface area contributed by atoms with Crippen LogP contribution in [0.3, 0.4) is 0 Å². The van der Waals surface area contributed by atoms with Gasteiger partial charge in [0.1, 0.15) is 5.82 Å². The van der Waals surface area contributed by atoms with E-state index in [1.165, 1.54) is 16.5 Å². The second-order valence-corrected chi connectivity index (χ2v) is 14.2. The quantitative estimate of drug-likeness (QED) is 0.136. The summed E-state index contributed by atoms with van der Waals surface area (Å²) in [6, 6.07) is 37.1. The van der Waals surface area contributed by atoms with Crippen LogP contribution >= 0.6 is 0 Å². The number of aromatic nitrogens is 4. The minimum Gasteiger partial charge on any atom is -0.509 e. The Balaban J connectivity index is 0.00000432. The van der Waals surface area contributed by atoms with Gasteiger partial charge in [-0.05, 0) is 90.9 Å². The third-order valence-electron chi connectivity index (χ3n) is 9.66. The summed E-state index contributed by atoms with van der Waals surface area (Å²) < 4.78 is 10.9. The van der Waals surface area contributed by atoms with Crippen LogP contribution < -0.4 is 4.74 Å². The summed E-state index contributed by atoms with van der Waals surface area (Å²) in [5.74, 6) is 3.60. The fraction of sp³-hybridized carbons (Fsp3) is 0.273. The van der Waals surface area contributed by atoms with E-state index < -0.39 is 0 Å². The number of fused-ring (bicyclic) bond motifs is 3. The van der Waals surface area contributed by atoms with Gasteiger partial charge in [0, 0.05) is 34.5 Å². The zero-order valence-electron chi connectivity index (χ0n) is 30.1. The molecule has 0 bridgehead atoms. The van der Waals surface area contributed by atoms with E-state index >= 15 is 0 Å². The second-order valence-electron chi connectivity index (χ2n) is 14.2. The number of nitrogens with zero attached hydrogens (tertiary/aromatic N) is 4. The molecular weight excluding hydrogens is 796 g/mol. The number of hydrogen-bond donors (Lipinski definition) is 0. The van der Waals surface area contributed by atoms with Gasteiger partial charge in [0.25, 0.3) is 0 Å². The molecule has 3 heterocycles. The van der Waals surface area contributed by atoms with E-state index in [2.05, 4.69) is 139 Å². The largest absolute Gasteiger partial charge is 2.00 e. The molecule has 4 aromatic carbocycles. The van der Waals surface area contributed by atoms with E-state index in [-0.39, 0.29) is 21.1 Å². The van der Waals surface area contributed by atoms with E-state index in [1.54, 1.807) is 0 Å². The minimum atomic E-state index is 0. The first kappa shape index (κ1) is 35.4. The molecule has 7 aromatic rings. The zero-order chi connectivity index (χ0) is 34.4. The molecule has 5 nitrogen and oxygen atoms in total. The molecule has 50 heavy (non-hydrogen) atoms. The molecule has 0 aliphatic carbocycles. The molecule has 1 unspecified atom stereocenters. The Morgan fingerprint density at radius 3 is 2.28 bits per heavy atom. The van der Waals surface area contributed by atoms with Crippen LogP contribution in [0.25, 0.3) is 44.4 Å². The van der Waals surface area contributed by atoms with E-state index in [1.807, 2.05) is 29.1 Å². The maximum absolute atomic E-state index is 6.65. The first-order valence-corrected chi connectivity index (χ1v) is 17.4. The third-order valence-corrected chi connectivity index (χ3v) is 9.66. The third kappa shape index (κ3) is 6.81. The average Bonchev–Trinajstić information content (AvgIpc) is 3.56. The van der Waals surface area contributed by atoms with Gasteiger partial charge in [-0.25, -0.2) is 4.98 Å². The Morgan fingerprint density at radius 1 is 0.780 bits per heavy atom. The molecule has 0 spiro atoms. The molecule has 0 aliphatic rings. The molecule has 0 amide bonds. The monoisotopic (exact) mass is 839 g/mol. The van der Waals surface area contributed by atoms with Crippen LogP contribution in [0.5, 0.6) is 11.5 Å². The van der Waals surface area contributed by atoms with Crippen molar-refractivity contribution in [3.05, 3.63) is 131 Å². The maximum atomic E-state index is 6.65. The van der Waals surface area contributed by atoms with Crippen molar-refractivity contribution in [2.24, 2.45) is 11.8 Å². The molecule has 0 aliphatic heterocycles. The molecule has 256 valence electrons. The summed E-state index contributed by atoms with van der Waals surface area (Å²) in [5, 5.41) is 7.30. The molecule has 0 saturated heterocycles. The summed E-state index contributed by atoms with van der Waals surface area (Å²) in [5.41, 5.74) is 10.9. The number of aryl methyl sites for hydroxylation is 2. The van der Waals surface area contributed by atoms with E-state index in [9.17, 15) is 0 Å². The molecule has 3 aromatic heterocycles. The molecule has 7 rings (SSSR count). The maximum Gasteiger partial charge on any atom is 2.00 e. The van der Waals surface area contributed by atoms with Crippen molar-refractivity contribution in [1.29, 1.82) is 0 Å². The fourth-order valence-corrected chi connectivity index (χ4v) is 6.91. The van der Waals surface area contributed by atoms with Gasteiger partial charge in [0.15, 0.2) is 0 Å². The summed E-state index contributed by atoms with van der Waals surface area (Å²) in [4.78, 5) is 4.79. The number of pyridine rings is 1. The summed E-state index contributed by atoms with van der Waals surface area (Å²) in [6.45, 7) is 17.6. The van der Waals surface area contributed by atoms with Crippen molar-refractivity contribution >= 4 is 21.8 Å². The van der Waals surface area contributed by atoms with Crippen LogP contribution in [0.15, 0.2) is 91.1 Å². The smallest absolute Gasteiger partial charge is 0.509 e. The van der Waals surface area contributed by atoms with Gasteiger partial charge in [0.2, 0.25) is 0 Å². The Bertz CT molecular complexity index is 2300. The minimum absolute atomic E-state index is 0. The van der Waals surface area contributed by atoms with E-state index in [0.717, 1.165) is 62.4 Å². The fourth-order valence-electron chi connectivity index (χ4n) is 6.91. The first-order valence-electron chi connectivity index (χ1n) is 17.4. The van der Waals surface area contributed by atoms with Crippen LogP contribution in [0.2, 0.25) is 0 Å². The molecular formula is C44H44N4OPt. The Morgan fingerprint density at radius 2 is 1.56 bits per heavy atom. The van der Waals surface area contributed by atoms with Gasteiger partial charge in [-0.3, -0.25) is 4.68 Å². The predicted octanol–water partition coefficient (Wildman–Crippen LogP) is 11.3. The topological polar surface area (TPSA) is 44.9 Å². The van der Waals surface area contributed by atoms with Crippen molar-refractivity contribution in [3.63, 3.8) is 0 Å². The van der Waals surface area contributed by atoms with Crippen LogP contribution in [0, 0.1) is 44.7 Å². The SMILES string of the molecule is Cc1ccnc(-n2c3[c-]c(Oc4[c-]c(-n5nc(C)c(-c6ccccc6)c5C)cc(CC(C)C)c4)ccc3c3cc(C(C)C(C)C)ccc32)c1.[Pt+2]. The summed E-state index contributed by atoms with van der Waals surface area (Å²) in [7, 11) is 0. The first-order chi connectivity index (χ1) is 23.6. The van der Waals surface area contributed by atoms with Crippen LogP contribution in [-0.2, 0) is 27.5 Å². The Kier molecular flexibility index (Phi) is 10.2. The van der Waals surface area contributed by atoms with Gasteiger partial charge in [-0.2, -0.15) is 16.7 Å². The van der Waals surface area contributed by atoms with Crippen molar-refractivity contribution in [1.82, 2.24) is 19.3 Å². The molecule has 6 heteroatoms. The van der Waals surface area contributed by atoms with Crippen molar-refractivity contribution < 1.29 is 25.8 Å². The van der Waals surface area contributed by atoms with Crippen molar-refractivity contribution in [3.8, 4) is 34.1 Å². The number of ether oxygens (including phenoxy) is 1. The normalized spacial score (nSPS) is 12.2. The zero-order valence-corrected chi connectivity index (χ0v) is 32.4. The van der Waals surface area contributed by atoms with Crippen LogP contribution in [0.1, 0.15) is 68.6 Å². The van der Waals surface area contributed by atoms with E-state index in [4.69, 9.17) is 14.8 Å². The van der Waals surface area contributed by atoms with Crippen LogP contribution in [0.4, 0.5) is 0 Å².